The topological polar surface area (TPSA) is 0 Å². The molecule has 0 nitrogen and oxygen atoms in total. The van der Waals surface area contributed by atoms with Crippen LogP contribution in [0.1, 0.15) is 20.3 Å². The van der Waals surface area contributed by atoms with Gasteiger partial charge >= 0.3 is 0 Å². The summed E-state index contributed by atoms with van der Waals surface area (Å²) in [5.41, 5.74) is 0. The summed E-state index contributed by atoms with van der Waals surface area (Å²) in [4.78, 5) is 0. The fourth-order valence-electron chi connectivity index (χ4n) is 1.30. The minimum absolute atomic E-state index is 0.714. The van der Waals surface area contributed by atoms with Crippen LogP contribution >= 0.6 is 29.6 Å². The fourth-order valence-corrected chi connectivity index (χ4v) is 8.90. The van der Waals surface area contributed by atoms with E-state index in [0.717, 1.165) is 10.5 Å². The van der Waals surface area contributed by atoms with E-state index in [2.05, 4.69) is 50.7 Å². The minimum Gasteiger partial charge on any atom is -0.139 e. The Balaban J connectivity index is 2.62. The Morgan fingerprint density at radius 3 is 1.92 bits per heavy atom. The van der Waals surface area contributed by atoms with E-state index in [1.807, 2.05) is 0 Å². The summed E-state index contributed by atoms with van der Waals surface area (Å²) in [5.74, 6) is 0. The Labute approximate surface area is 89.7 Å². The molecule has 0 aromatic rings. The number of hydrogen-bond acceptors (Lipinski definition) is 3. The van der Waals surface area contributed by atoms with Crippen LogP contribution in [-0.2, 0) is 11.8 Å². The second kappa shape index (κ2) is 4.25. The van der Waals surface area contributed by atoms with E-state index in [4.69, 9.17) is 11.8 Å². The molecule has 4 heteroatoms. The van der Waals surface area contributed by atoms with Gasteiger partial charge in [0.15, 0.2) is 0 Å². The molecule has 72 valence electrons. The summed E-state index contributed by atoms with van der Waals surface area (Å²) < 4.78 is 0.714. The Morgan fingerprint density at radius 1 is 1.17 bits per heavy atom. The van der Waals surface area contributed by atoms with Crippen molar-refractivity contribution in [2.45, 2.75) is 35.1 Å². The molecule has 1 aliphatic rings. The monoisotopic (exact) mass is 240 g/mol. The zero-order valence-electron chi connectivity index (χ0n) is 8.11. The molecule has 0 N–H and O–H groups in total. The summed E-state index contributed by atoms with van der Waals surface area (Å²) in [5, 5.41) is 1.63. The quantitative estimate of drug-likeness (QED) is 0.642. The Hall–Kier alpha value is 1.35. The molecule has 0 amide bonds. The van der Waals surface area contributed by atoms with Crippen molar-refractivity contribution in [3.8, 4) is 0 Å². The van der Waals surface area contributed by atoms with Gasteiger partial charge in [-0.2, -0.15) is 0 Å². The van der Waals surface area contributed by atoms with Gasteiger partial charge in [0.25, 0.3) is 0 Å². The molecule has 1 fully saturated rings. The van der Waals surface area contributed by atoms with Crippen LogP contribution in [0.25, 0.3) is 0 Å². The highest BCUT2D eigenvalue weighted by atomic mass is 32.4. The molecule has 0 radical (unpaired) electrons. The Kier molecular flexibility index (Phi) is 4.05. The highest BCUT2D eigenvalue weighted by molar-refractivity contribution is 8.33. The van der Waals surface area contributed by atoms with E-state index < -0.39 is 6.04 Å². The lowest BCUT2D eigenvalue weighted by Gasteiger charge is -2.34. The van der Waals surface area contributed by atoms with Crippen LogP contribution < -0.4 is 0 Å². The molecule has 0 aromatic carbocycles. The molecule has 1 saturated heterocycles. The second-order valence-corrected chi connectivity index (χ2v) is 14.2. The maximum absolute atomic E-state index is 5.58. The second-order valence-electron chi connectivity index (χ2n) is 3.87. The summed E-state index contributed by atoms with van der Waals surface area (Å²) in [7, 11) is 0. The standard InChI is InChI=1S/C8H17PS3/c1-6-5-7(2)12-8(11-6)9(3,4)10/h6-8H,5H2,1-4H3/t6-,7+,8?. The molecule has 3 atom stereocenters. The summed E-state index contributed by atoms with van der Waals surface area (Å²) in [6.45, 7) is 9.22. The van der Waals surface area contributed by atoms with Crippen LogP contribution in [0.15, 0.2) is 0 Å². The lowest BCUT2D eigenvalue weighted by Crippen LogP contribution is -2.19. The molecule has 0 aromatic heterocycles. The highest BCUT2D eigenvalue weighted by Crippen LogP contribution is 2.59. The molecule has 0 bridgehead atoms. The molecule has 0 saturated carbocycles. The van der Waals surface area contributed by atoms with Crippen molar-refractivity contribution in [2.75, 3.05) is 13.3 Å². The number of thioether (sulfide) groups is 2. The molecule has 12 heavy (non-hydrogen) atoms. The van der Waals surface area contributed by atoms with Crippen molar-refractivity contribution in [3.63, 3.8) is 0 Å². The zero-order chi connectivity index (χ0) is 9.35. The van der Waals surface area contributed by atoms with Crippen molar-refractivity contribution < 1.29 is 0 Å². The molecule has 0 aliphatic carbocycles. The highest BCUT2D eigenvalue weighted by Gasteiger charge is 2.30. The van der Waals surface area contributed by atoms with Crippen molar-refractivity contribution in [1.29, 1.82) is 0 Å². The van der Waals surface area contributed by atoms with Crippen LogP contribution in [0, 0.1) is 0 Å². The average molecular weight is 240 g/mol. The lowest BCUT2D eigenvalue weighted by molar-refractivity contribution is 0.797. The SMILES string of the molecule is C[C@@H]1C[C@H](C)SC(P(C)(C)=S)S1. The third-order valence-electron chi connectivity index (χ3n) is 1.87. The van der Waals surface area contributed by atoms with Gasteiger partial charge in [-0.05, 0) is 25.8 Å². The molecule has 1 unspecified atom stereocenters. The van der Waals surface area contributed by atoms with Gasteiger partial charge in [0.2, 0.25) is 0 Å². The van der Waals surface area contributed by atoms with Crippen molar-refractivity contribution in [1.82, 2.24) is 0 Å². The van der Waals surface area contributed by atoms with Gasteiger partial charge in [-0.3, -0.25) is 0 Å². The average Bonchev–Trinajstić information content (AvgIpc) is 1.82. The third kappa shape index (κ3) is 3.25. The van der Waals surface area contributed by atoms with Crippen LogP contribution in [0.3, 0.4) is 0 Å². The smallest absolute Gasteiger partial charge is 0.0789 e. The first-order chi connectivity index (χ1) is 5.39. The van der Waals surface area contributed by atoms with Gasteiger partial charge in [-0.1, -0.05) is 25.7 Å². The van der Waals surface area contributed by atoms with Gasteiger partial charge in [0.1, 0.15) is 0 Å². The van der Waals surface area contributed by atoms with Crippen LogP contribution in [-0.4, -0.2) is 28.2 Å². The van der Waals surface area contributed by atoms with E-state index in [0.29, 0.717) is 4.32 Å². The minimum atomic E-state index is -1.06. The predicted molar refractivity (Wildman–Crippen MR) is 68.6 cm³/mol. The molecule has 0 spiro atoms. The van der Waals surface area contributed by atoms with E-state index in [1.54, 1.807) is 0 Å². The molecule has 1 rings (SSSR count). The fraction of sp³-hybridized carbons (Fsp3) is 1.00. The first kappa shape index (κ1) is 11.4. The molecular formula is C8H17PS3. The van der Waals surface area contributed by atoms with Gasteiger partial charge in [0, 0.05) is 10.5 Å². The first-order valence-corrected chi connectivity index (χ1v) is 9.90. The summed E-state index contributed by atoms with van der Waals surface area (Å²) in [6, 6.07) is -1.06. The van der Waals surface area contributed by atoms with Crippen molar-refractivity contribution in [3.05, 3.63) is 0 Å². The lowest BCUT2D eigenvalue weighted by atomic mass is 10.3. The predicted octanol–water partition coefficient (Wildman–Crippen LogP) is 3.66. The molecular weight excluding hydrogens is 223 g/mol. The van der Waals surface area contributed by atoms with E-state index in [1.165, 1.54) is 6.42 Å². The Morgan fingerprint density at radius 2 is 1.58 bits per heavy atom. The molecule has 1 aliphatic heterocycles. The largest absolute Gasteiger partial charge is 0.139 e. The van der Waals surface area contributed by atoms with E-state index in [-0.39, 0.29) is 0 Å². The van der Waals surface area contributed by atoms with Crippen LogP contribution in [0.5, 0.6) is 0 Å². The van der Waals surface area contributed by atoms with Crippen LogP contribution in [0.4, 0.5) is 0 Å². The van der Waals surface area contributed by atoms with Gasteiger partial charge in [0.05, 0.1) is 4.32 Å². The summed E-state index contributed by atoms with van der Waals surface area (Å²) in [6.07, 6.45) is 1.35. The van der Waals surface area contributed by atoms with Crippen LogP contribution in [0.2, 0.25) is 0 Å². The first-order valence-electron chi connectivity index (χ1n) is 4.25. The third-order valence-corrected chi connectivity index (χ3v) is 10.7. The zero-order valence-corrected chi connectivity index (χ0v) is 11.5. The Bertz CT molecular complexity index is 188. The van der Waals surface area contributed by atoms with Gasteiger partial charge in [-0.15, -0.1) is 23.5 Å². The molecule has 1 heterocycles. The maximum Gasteiger partial charge on any atom is 0.0789 e. The maximum atomic E-state index is 5.58. The van der Waals surface area contributed by atoms with E-state index in [9.17, 15) is 0 Å². The van der Waals surface area contributed by atoms with Gasteiger partial charge < -0.3 is 0 Å². The number of rotatable bonds is 1. The van der Waals surface area contributed by atoms with E-state index >= 15 is 0 Å². The summed E-state index contributed by atoms with van der Waals surface area (Å²) >= 11 is 9.79. The van der Waals surface area contributed by atoms with Crippen molar-refractivity contribution >= 4 is 41.4 Å². The van der Waals surface area contributed by atoms with Crippen molar-refractivity contribution in [2.24, 2.45) is 0 Å². The number of hydrogen-bond donors (Lipinski definition) is 0. The van der Waals surface area contributed by atoms with Gasteiger partial charge in [-0.25, -0.2) is 0 Å². The normalized spacial score (nSPS) is 38.2.